The Kier molecular flexibility index (Phi) is 16.7. The summed E-state index contributed by atoms with van der Waals surface area (Å²) in [7, 11) is 0. The quantitative estimate of drug-likeness (QED) is 0.218. The molecule has 0 aliphatic carbocycles. The molecule has 0 aromatic rings. The van der Waals surface area contributed by atoms with Gasteiger partial charge in [-0.05, 0) is 37.8 Å². The van der Waals surface area contributed by atoms with E-state index in [0.717, 1.165) is 17.9 Å². The largest absolute Gasteiger partial charge is 0.481 e. The third-order valence-electron chi connectivity index (χ3n) is 3.71. The molecule has 0 saturated heterocycles. The fourth-order valence-corrected chi connectivity index (χ4v) is 2.72. The average Bonchev–Trinajstić information content (AvgIpc) is 2.54. The lowest BCUT2D eigenvalue weighted by molar-refractivity contribution is -0.141. The first kappa shape index (κ1) is 22.1. The fourth-order valence-electron chi connectivity index (χ4n) is 2.10. The molecule has 132 valence electrons. The van der Waals surface area contributed by atoms with E-state index in [9.17, 15) is 4.79 Å². The van der Waals surface area contributed by atoms with Gasteiger partial charge in [-0.3, -0.25) is 4.79 Å². The maximum absolute atomic E-state index is 10.6. The molecule has 0 rings (SSSR count). The van der Waals surface area contributed by atoms with Crippen LogP contribution >= 0.6 is 11.8 Å². The van der Waals surface area contributed by atoms with Crippen molar-refractivity contribution in [3.63, 3.8) is 0 Å². The van der Waals surface area contributed by atoms with Crippen LogP contribution in [-0.4, -0.2) is 22.6 Å². The molecule has 0 aliphatic rings. The van der Waals surface area contributed by atoms with Gasteiger partial charge in [0.05, 0.1) is 5.92 Å². The molecule has 0 radical (unpaired) electrons. The highest BCUT2D eigenvalue weighted by Gasteiger charge is 2.08. The monoisotopic (exact) mass is 338 g/mol. The topological polar surface area (TPSA) is 37.3 Å². The van der Waals surface area contributed by atoms with Crippen molar-refractivity contribution in [2.45, 2.75) is 71.6 Å². The first-order valence-electron chi connectivity index (χ1n) is 9.03. The molecule has 23 heavy (non-hydrogen) atoms. The highest BCUT2D eigenvalue weighted by atomic mass is 32.2. The van der Waals surface area contributed by atoms with Crippen LogP contribution in [0.5, 0.6) is 0 Å². The minimum Gasteiger partial charge on any atom is -0.481 e. The van der Waals surface area contributed by atoms with Gasteiger partial charge in [0.1, 0.15) is 0 Å². The van der Waals surface area contributed by atoms with E-state index in [1.807, 2.05) is 23.9 Å². The first-order chi connectivity index (χ1) is 11.2. The van der Waals surface area contributed by atoms with Gasteiger partial charge in [0.25, 0.3) is 0 Å². The molecule has 0 fully saturated rings. The Morgan fingerprint density at radius 2 is 1.78 bits per heavy atom. The third-order valence-corrected chi connectivity index (χ3v) is 4.54. The van der Waals surface area contributed by atoms with E-state index < -0.39 is 5.97 Å². The van der Waals surface area contributed by atoms with Gasteiger partial charge >= 0.3 is 5.97 Å². The van der Waals surface area contributed by atoms with E-state index in [2.05, 4.69) is 24.8 Å². The molecule has 0 aromatic carbocycles. The molecule has 1 N–H and O–H groups in total. The van der Waals surface area contributed by atoms with E-state index >= 15 is 0 Å². The van der Waals surface area contributed by atoms with Gasteiger partial charge in [-0.1, -0.05) is 58.1 Å². The number of unbranched alkanes of at least 4 members (excludes halogenated alkanes) is 6. The second-order valence-electron chi connectivity index (χ2n) is 5.96. The van der Waals surface area contributed by atoms with Crippen molar-refractivity contribution in [2.75, 3.05) is 11.5 Å². The van der Waals surface area contributed by atoms with Gasteiger partial charge < -0.3 is 5.11 Å². The summed E-state index contributed by atoms with van der Waals surface area (Å²) in [5.74, 6) is 1.04. The molecule has 0 amide bonds. The summed E-state index contributed by atoms with van der Waals surface area (Å²) in [4.78, 5) is 10.6. The molecule has 3 heteroatoms. The van der Waals surface area contributed by atoms with Crippen LogP contribution in [0.2, 0.25) is 0 Å². The van der Waals surface area contributed by atoms with Gasteiger partial charge in [0.2, 0.25) is 0 Å². The highest BCUT2D eigenvalue weighted by molar-refractivity contribution is 7.99. The van der Waals surface area contributed by atoms with Crippen LogP contribution in [0.25, 0.3) is 0 Å². The van der Waals surface area contributed by atoms with Crippen molar-refractivity contribution < 1.29 is 9.90 Å². The zero-order valence-corrected chi connectivity index (χ0v) is 15.7. The van der Waals surface area contributed by atoms with Crippen LogP contribution in [0, 0.1) is 5.92 Å². The molecule has 1 unspecified atom stereocenters. The predicted octanol–water partition coefficient (Wildman–Crippen LogP) is 6.24. The molecule has 0 aromatic heterocycles. The zero-order chi connectivity index (χ0) is 17.2. The Balaban J connectivity index is 3.38. The lowest BCUT2D eigenvalue weighted by atomic mass is 10.1. The van der Waals surface area contributed by atoms with E-state index in [1.54, 1.807) is 6.92 Å². The zero-order valence-electron chi connectivity index (χ0n) is 14.9. The number of thioether (sulfide) groups is 1. The van der Waals surface area contributed by atoms with Gasteiger partial charge in [-0.2, -0.15) is 11.8 Å². The third kappa shape index (κ3) is 17.3. The minimum absolute atomic E-state index is 0.265. The summed E-state index contributed by atoms with van der Waals surface area (Å²) in [5.41, 5.74) is 3.13. The molecular weight excluding hydrogens is 304 g/mol. The standard InChI is InChI=1S/C20H34O2S/c1-3-4-5-6-7-8-9-11-14-17-23-18-15-12-10-13-16-19(2)20(21)22/h10-11,14-15,19H,3-9,13,16-18H2,1-2H3,(H,21,22)/b14-11-. The smallest absolute Gasteiger partial charge is 0.306 e. The van der Waals surface area contributed by atoms with Crippen LogP contribution in [0.3, 0.4) is 0 Å². The van der Waals surface area contributed by atoms with Crippen molar-refractivity contribution in [1.82, 2.24) is 0 Å². The Bertz CT molecular complexity index is 368. The molecule has 0 bridgehead atoms. The number of carboxylic acids is 1. The summed E-state index contributed by atoms with van der Waals surface area (Å²) in [6.45, 7) is 4.00. The fraction of sp³-hybridized carbons (Fsp3) is 0.700. The molecule has 2 nitrogen and oxygen atoms in total. The first-order valence-corrected chi connectivity index (χ1v) is 10.2. The summed E-state index contributed by atoms with van der Waals surface area (Å²) < 4.78 is 0. The van der Waals surface area contributed by atoms with Crippen LogP contribution in [0.15, 0.2) is 30.0 Å². The lowest BCUT2D eigenvalue weighted by Gasteiger charge is -2.00. The van der Waals surface area contributed by atoms with Gasteiger partial charge in [0.15, 0.2) is 0 Å². The number of carbonyl (C=O) groups is 1. The summed E-state index contributed by atoms with van der Waals surface area (Å²) in [6, 6.07) is 0. The van der Waals surface area contributed by atoms with Crippen LogP contribution in [0.4, 0.5) is 0 Å². The second-order valence-corrected chi connectivity index (χ2v) is 7.03. The summed E-state index contributed by atoms with van der Waals surface area (Å²) in [5, 5.41) is 8.76. The molecular formula is C20H34O2S. The molecule has 1 atom stereocenters. The van der Waals surface area contributed by atoms with Crippen LogP contribution in [-0.2, 0) is 4.79 Å². The van der Waals surface area contributed by atoms with Crippen molar-refractivity contribution in [3.8, 4) is 0 Å². The lowest BCUT2D eigenvalue weighted by Crippen LogP contribution is -2.08. The summed E-state index contributed by atoms with van der Waals surface area (Å²) >= 11 is 1.88. The van der Waals surface area contributed by atoms with Crippen LogP contribution in [0.1, 0.15) is 71.6 Å². The Morgan fingerprint density at radius 1 is 1.04 bits per heavy atom. The minimum atomic E-state index is -0.717. The Morgan fingerprint density at radius 3 is 2.52 bits per heavy atom. The highest BCUT2D eigenvalue weighted by Crippen LogP contribution is 2.08. The number of hydrogen-bond acceptors (Lipinski definition) is 2. The number of allylic oxidation sites excluding steroid dienone is 1. The molecule has 0 saturated carbocycles. The number of hydrogen-bond donors (Lipinski definition) is 1. The normalized spacial score (nSPS) is 12.1. The molecule has 0 aliphatic heterocycles. The van der Waals surface area contributed by atoms with E-state index in [4.69, 9.17) is 5.11 Å². The van der Waals surface area contributed by atoms with Crippen molar-refractivity contribution in [2.24, 2.45) is 5.92 Å². The van der Waals surface area contributed by atoms with Crippen molar-refractivity contribution in [1.29, 1.82) is 0 Å². The maximum atomic E-state index is 10.6. The predicted molar refractivity (Wildman–Crippen MR) is 103 cm³/mol. The Hall–Kier alpha value is -0.920. The average molecular weight is 339 g/mol. The van der Waals surface area contributed by atoms with Crippen molar-refractivity contribution in [3.05, 3.63) is 30.0 Å². The number of rotatable bonds is 15. The number of aliphatic carboxylic acids is 1. The van der Waals surface area contributed by atoms with E-state index in [-0.39, 0.29) is 5.92 Å². The van der Waals surface area contributed by atoms with Gasteiger partial charge in [0, 0.05) is 11.5 Å². The maximum Gasteiger partial charge on any atom is 0.306 e. The molecule has 0 spiro atoms. The SMILES string of the molecule is CCCCCCCC/C=C\CSCC=C=CCCC(C)C(=O)O. The van der Waals surface area contributed by atoms with Crippen LogP contribution < -0.4 is 0 Å². The number of carboxylic acid groups (broad SMARTS) is 1. The Labute approximate surface area is 147 Å². The summed E-state index contributed by atoms with van der Waals surface area (Å²) in [6.07, 6.45) is 19.4. The van der Waals surface area contributed by atoms with Crippen molar-refractivity contribution >= 4 is 17.7 Å². The second kappa shape index (κ2) is 17.4. The van der Waals surface area contributed by atoms with Gasteiger partial charge in [-0.15, -0.1) is 5.73 Å². The molecule has 0 heterocycles. The van der Waals surface area contributed by atoms with E-state index in [0.29, 0.717) is 6.42 Å². The van der Waals surface area contributed by atoms with Gasteiger partial charge in [-0.25, -0.2) is 0 Å². The van der Waals surface area contributed by atoms with E-state index in [1.165, 1.54) is 44.9 Å².